The van der Waals surface area contributed by atoms with Crippen LogP contribution in [0, 0.1) is 5.82 Å². The van der Waals surface area contributed by atoms with Crippen LogP contribution < -0.4 is 10.2 Å². The van der Waals surface area contributed by atoms with Gasteiger partial charge in [0.05, 0.1) is 6.10 Å². The highest BCUT2D eigenvalue weighted by atomic mass is 19.1. The summed E-state index contributed by atoms with van der Waals surface area (Å²) in [6, 6.07) is 5.36. The van der Waals surface area contributed by atoms with Crippen LogP contribution in [0.1, 0.15) is 32.3 Å². The van der Waals surface area contributed by atoms with Crippen molar-refractivity contribution in [3.63, 3.8) is 0 Å². The molecule has 4 heteroatoms. The number of ether oxygens (including phenoxy) is 1. The van der Waals surface area contributed by atoms with Crippen LogP contribution in [0.15, 0.2) is 18.2 Å². The molecule has 1 atom stereocenters. The van der Waals surface area contributed by atoms with Crippen LogP contribution in [0.3, 0.4) is 0 Å². The Hall–Kier alpha value is -1.13. The summed E-state index contributed by atoms with van der Waals surface area (Å²) in [6.45, 7) is 8.06. The van der Waals surface area contributed by atoms with E-state index in [-0.39, 0.29) is 11.9 Å². The number of anilines is 1. The molecule has 20 heavy (non-hydrogen) atoms. The van der Waals surface area contributed by atoms with E-state index in [1.807, 2.05) is 19.9 Å². The van der Waals surface area contributed by atoms with Crippen LogP contribution in [-0.4, -0.2) is 32.3 Å². The number of benzene rings is 1. The molecule has 1 aliphatic rings. The van der Waals surface area contributed by atoms with Crippen molar-refractivity contribution < 1.29 is 9.13 Å². The summed E-state index contributed by atoms with van der Waals surface area (Å²) in [5.74, 6) is -0.123. The largest absolute Gasteiger partial charge is 0.377 e. The quantitative estimate of drug-likeness (QED) is 0.867. The van der Waals surface area contributed by atoms with Crippen LogP contribution in [-0.2, 0) is 11.3 Å². The highest BCUT2D eigenvalue weighted by Crippen LogP contribution is 2.27. The molecular weight excluding hydrogens is 255 g/mol. The maximum atomic E-state index is 14.1. The average molecular weight is 280 g/mol. The van der Waals surface area contributed by atoms with Gasteiger partial charge in [-0.1, -0.05) is 13.0 Å². The molecule has 3 nitrogen and oxygen atoms in total. The minimum absolute atomic E-state index is 0.123. The van der Waals surface area contributed by atoms with E-state index in [4.69, 9.17) is 4.74 Å². The highest BCUT2D eigenvalue weighted by Gasteiger charge is 2.22. The molecule has 112 valence electrons. The Morgan fingerprint density at radius 3 is 3.00 bits per heavy atom. The Morgan fingerprint density at radius 1 is 1.40 bits per heavy atom. The molecule has 0 bridgehead atoms. The first-order valence-electron chi connectivity index (χ1n) is 7.60. The molecule has 1 fully saturated rings. The Kier molecular flexibility index (Phi) is 5.80. The maximum Gasteiger partial charge on any atom is 0.129 e. The van der Waals surface area contributed by atoms with Crippen LogP contribution in [0.5, 0.6) is 0 Å². The van der Waals surface area contributed by atoms with Crippen molar-refractivity contribution in [2.45, 2.75) is 39.3 Å². The number of halogens is 1. The first-order chi connectivity index (χ1) is 9.76. The number of nitrogens with one attached hydrogen (secondary N) is 1. The van der Waals surface area contributed by atoms with Gasteiger partial charge in [-0.25, -0.2) is 4.39 Å². The van der Waals surface area contributed by atoms with E-state index in [0.717, 1.165) is 50.3 Å². The molecule has 1 saturated heterocycles. The lowest BCUT2D eigenvalue weighted by atomic mass is 10.0. The molecule has 1 N–H and O–H groups in total. The molecule has 0 aliphatic carbocycles. The van der Waals surface area contributed by atoms with Crippen LogP contribution in [0.4, 0.5) is 10.1 Å². The van der Waals surface area contributed by atoms with Gasteiger partial charge in [0.2, 0.25) is 0 Å². The molecule has 1 aromatic carbocycles. The summed E-state index contributed by atoms with van der Waals surface area (Å²) >= 11 is 0. The zero-order valence-electron chi connectivity index (χ0n) is 12.5. The molecule has 0 spiro atoms. The van der Waals surface area contributed by atoms with E-state index in [0.29, 0.717) is 6.54 Å². The van der Waals surface area contributed by atoms with Gasteiger partial charge in [-0.2, -0.15) is 0 Å². The Balaban J connectivity index is 2.16. The van der Waals surface area contributed by atoms with Crippen LogP contribution in [0.25, 0.3) is 0 Å². The molecule has 1 aliphatic heterocycles. The average Bonchev–Trinajstić information content (AvgIpc) is 2.46. The van der Waals surface area contributed by atoms with E-state index in [1.165, 1.54) is 0 Å². The smallest absolute Gasteiger partial charge is 0.129 e. The summed E-state index contributed by atoms with van der Waals surface area (Å²) < 4.78 is 19.8. The predicted octanol–water partition coefficient (Wildman–Crippen LogP) is 2.94. The molecule has 1 aromatic rings. The molecule has 1 heterocycles. The van der Waals surface area contributed by atoms with Crippen LogP contribution >= 0.6 is 0 Å². The molecule has 0 radical (unpaired) electrons. The number of nitrogens with zero attached hydrogens (tertiary/aromatic N) is 1. The van der Waals surface area contributed by atoms with Gasteiger partial charge in [0.15, 0.2) is 0 Å². The van der Waals surface area contributed by atoms with E-state index >= 15 is 0 Å². The summed E-state index contributed by atoms with van der Waals surface area (Å²) in [5, 5.41) is 3.22. The van der Waals surface area contributed by atoms with Gasteiger partial charge in [0.25, 0.3) is 0 Å². The van der Waals surface area contributed by atoms with Crippen molar-refractivity contribution in [2.75, 3.05) is 31.1 Å². The van der Waals surface area contributed by atoms with Crippen LogP contribution in [0.2, 0.25) is 0 Å². The molecular formula is C16H25FN2O. The highest BCUT2D eigenvalue weighted by molar-refractivity contribution is 5.54. The van der Waals surface area contributed by atoms with Crippen molar-refractivity contribution in [3.05, 3.63) is 29.6 Å². The molecule has 1 unspecified atom stereocenters. The third-order valence-electron chi connectivity index (χ3n) is 3.77. The SMILES string of the molecule is CCNCc1c(F)cccc1N1CCCC(OCC)C1. The fourth-order valence-corrected chi connectivity index (χ4v) is 2.80. The number of piperidine rings is 1. The normalized spacial score (nSPS) is 19.4. The van der Waals surface area contributed by atoms with Crippen molar-refractivity contribution in [3.8, 4) is 0 Å². The second kappa shape index (κ2) is 7.60. The molecule has 2 rings (SSSR count). The van der Waals surface area contributed by atoms with Crippen molar-refractivity contribution >= 4 is 5.69 Å². The number of hydrogen-bond acceptors (Lipinski definition) is 3. The zero-order chi connectivity index (χ0) is 14.4. The summed E-state index contributed by atoms with van der Waals surface area (Å²) in [4.78, 5) is 2.26. The lowest BCUT2D eigenvalue weighted by molar-refractivity contribution is 0.0526. The van der Waals surface area contributed by atoms with Gasteiger partial charge < -0.3 is 15.0 Å². The third-order valence-corrected chi connectivity index (χ3v) is 3.77. The zero-order valence-corrected chi connectivity index (χ0v) is 12.5. The predicted molar refractivity (Wildman–Crippen MR) is 80.6 cm³/mol. The second-order valence-electron chi connectivity index (χ2n) is 5.18. The van der Waals surface area contributed by atoms with Crippen molar-refractivity contribution in [1.82, 2.24) is 5.32 Å². The Bertz CT molecular complexity index is 423. The minimum atomic E-state index is -0.123. The molecule has 0 aromatic heterocycles. The topological polar surface area (TPSA) is 24.5 Å². The fraction of sp³-hybridized carbons (Fsp3) is 0.625. The number of rotatable bonds is 6. The Morgan fingerprint density at radius 2 is 2.25 bits per heavy atom. The van der Waals surface area contributed by atoms with Crippen molar-refractivity contribution in [1.29, 1.82) is 0 Å². The van der Waals surface area contributed by atoms with E-state index in [1.54, 1.807) is 12.1 Å². The van der Waals surface area contributed by atoms with E-state index in [2.05, 4.69) is 10.2 Å². The summed E-state index contributed by atoms with van der Waals surface area (Å²) in [6.07, 6.45) is 2.47. The number of hydrogen-bond donors (Lipinski definition) is 1. The van der Waals surface area contributed by atoms with E-state index < -0.39 is 0 Å². The van der Waals surface area contributed by atoms with Gasteiger partial charge in [-0.05, 0) is 38.4 Å². The van der Waals surface area contributed by atoms with Gasteiger partial charge >= 0.3 is 0 Å². The van der Waals surface area contributed by atoms with E-state index in [9.17, 15) is 4.39 Å². The van der Waals surface area contributed by atoms with Gasteiger partial charge in [-0.15, -0.1) is 0 Å². The Labute approximate surface area is 121 Å². The lowest BCUT2D eigenvalue weighted by Gasteiger charge is -2.35. The fourth-order valence-electron chi connectivity index (χ4n) is 2.80. The third kappa shape index (κ3) is 3.70. The van der Waals surface area contributed by atoms with Gasteiger partial charge in [0, 0.05) is 37.5 Å². The lowest BCUT2D eigenvalue weighted by Crippen LogP contribution is -2.40. The van der Waals surface area contributed by atoms with Crippen molar-refractivity contribution in [2.24, 2.45) is 0 Å². The molecule has 0 amide bonds. The maximum absolute atomic E-state index is 14.1. The standard InChI is InChI=1S/C16H25FN2O/c1-3-18-11-14-15(17)8-5-9-16(14)19-10-6-7-13(12-19)20-4-2/h5,8-9,13,18H,3-4,6-7,10-12H2,1-2H3. The van der Waals surface area contributed by atoms with Gasteiger partial charge in [0.1, 0.15) is 5.82 Å². The first-order valence-corrected chi connectivity index (χ1v) is 7.60. The van der Waals surface area contributed by atoms with Gasteiger partial charge in [-0.3, -0.25) is 0 Å². The molecule has 0 saturated carbocycles. The summed E-state index contributed by atoms with van der Waals surface area (Å²) in [7, 11) is 0. The summed E-state index contributed by atoms with van der Waals surface area (Å²) in [5.41, 5.74) is 1.78. The monoisotopic (exact) mass is 280 g/mol. The first kappa shape index (κ1) is 15.3. The minimum Gasteiger partial charge on any atom is -0.377 e. The second-order valence-corrected chi connectivity index (χ2v) is 5.18.